The van der Waals surface area contributed by atoms with Crippen molar-refractivity contribution in [2.24, 2.45) is 11.8 Å². The highest BCUT2D eigenvalue weighted by molar-refractivity contribution is 6.17. The number of hydrogen-bond acceptors (Lipinski definition) is 1. The van der Waals surface area contributed by atoms with E-state index in [9.17, 15) is 4.79 Å². The number of nitrogens with one attached hydrogen (secondary N) is 1. The Balaban J connectivity index is 2.03. The van der Waals surface area contributed by atoms with Gasteiger partial charge in [-0.1, -0.05) is 6.92 Å². The normalized spacial score (nSPS) is 28.2. The lowest BCUT2D eigenvalue weighted by molar-refractivity contribution is -0.122. The molecule has 2 nitrogen and oxygen atoms in total. The van der Waals surface area contributed by atoms with Gasteiger partial charge in [0.15, 0.2) is 0 Å². The van der Waals surface area contributed by atoms with Crippen molar-refractivity contribution in [1.29, 1.82) is 0 Å². The third kappa shape index (κ3) is 2.70. The highest BCUT2D eigenvalue weighted by atomic mass is 35.5. The summed E-state index contributed by atoms with van der Waals surface area (Å²) in [6.07, 6.45) is 1.93. The molecule has 3 heteroatoms. The zero-order valence-corrected chi connectivity index (χ0v) is 7.53. The molecule has 0 heterocycles. The van der Waals surface area contributed by atoms with Gasteiger partial charge in [0.05, 0.1) is 0 Å². The average Bonchev–Trinajstić information content (AvgIpc) is 2.67. The molecule has 1 fully saturated rings. The minimum absolute atomic E-state index is 0.211. The Morgan fingerprint density at radius 3 is 2.82 bits per heavy atom. The fourth-order valence-corrected chi connectivity index (χ4v) is 1.23. The summed E-state index contributed by atoms with van der Waals surface area (Å²) in [5.74, 6) is 1.74. The molecule has 1 saturated carbocycles. The Hall–Kier alpha value is -0.240. The SMILES string of the molecule is CC1CC1C(=O)NCCCCl. The van der Waals surface area contributed by atoms with Crippen molar-refractivity contribution in [1.82, 2.24) is 5.32 Å². The predicted octanol–water partition coefficient (Wildman–Crippen LogP) is 1.39. The van der Waals surface area contributed by atoms with Crippen LogP contribution >= 0.6 is 11.6 Å². The lowest BCUT2D eigenvalue weighted by Gasteiger charge is -2.01. The fourth-order valence-electron chi connectivity index (χ4n) is 1.10. The summed E-state index contributed by atoms with van der Waals surface area (Å²) in [4.78, 5) is 11.1. The Bertz CT molecular complexity index is 149. The van der Waals surface area contributed by atoms with E-state index < -0.39 is 0 Å². The number of carbonyl (C=O) groups is 1. The zero-order chi connectivity index (χ0) is 8.27. The highest BCUT2D eigenvalue weighted by Gasteiger charge is 2.38. The molecule has 64 valence electrons. The van der Waals surface area contributed by atoms with Crippen LogP contribution in [0.25, 0.3) is 0 Å². The molecule has 1 N–H and O–H groups in total. The second-order valence-corrected chi connectivity index (χ2v) is 3.53. The first-order valence-electron chi connectivity index (χ1n) is 4.09. The molecule has 0 saturated heterocycles. The van der Waals surface area contributed by atoms with Crippen LogP contribution in [0.2, 0.25) is 0 Å². The molecule has 0 aromatic rings. The van der Waals surface area contributed by atoms with Gasteiger partial charge in [0, 0.05) is 18.3 Å². The molecule has 0 spiro atoms. The van der Waals surface area contributed by atoms with Gasteiger partial charge < -0.3 is 5.32 Å². The van der Waals surface area contributed by atoms with Gasteiger partial charge in [0.2, 0.25) is 5.91 Å². The van der Waals surface area contributed by atoms with Crippen LogP contribution in [0.4, 0.5) is 0 Å². The number of alkyl halides is 1. The number of halogens is 1. The summed E-state index contributed by atoms with van der Waals surface area (Å²) in [5, 5.41) is 2.85. The quantitative estimate of drug-likeness (QED) is 0.508. The van der Waals surface area contributed by atoms with Crippen LogP contribution in [0.15, 0.2) is 0 Å². The molecule has 1 rings (SSSR count). The molecule has 1 aliphatic rings. The molecule has 0 aromatic heterocycles. The molecule has 1 aliphatic carbocycles. The second-order valence-electron chi connectivity index (χ2n) is 3.15. The number of carbonyl (C=O) groups excluding carboxylic acids is 1. The lowest BCUT2D eigenvalue weighted by Crippen LogP contribution is -2.26. The fraction of sp³-hybridized carbons (Fsp3) is 0.875. The Kier molecular flexibility index (Phi) is 3.18. The zero-order valence-electron chi connectivity index (χ0n) is 6.77. The van der Waals surface area contributed by atoms with Gasteiger partial charge in [0.25, 0.3) is 0 Å². The molecule has 0 radical (unpaired) electrons. The summed E-state index contributed by atoms with van der Waals surface area (Å²) >= 11 is 5.46. The molecular weight excluding hydrogens is 162 g/mol. The third-order valence-corrected chi connectivity index (χ3v) is 2.32. The van der Waals surface area contributed by atoms with E-state index in [1.54, 1.807) is 0 Å². The first kappa shape index (κ1) is 8.85. The molecule has 2 atom stereocenters. The van der Waals surface area contributed by atoms with Crippen molar-refractivity contribution in [2.75, 3.05) is 12.4 Å². The van der Waals surface area contributed by atoms with Crippen molar-refractivity contribution >= 4 is 17.5 Å². The molecule has 0 aliphatic heterocycles. The van der Waals surface area contributed by atoms with Crippen LogP contribution < -0.4 is 5.32 Å². The summed E-state index contributed by atoms with van der Waals surface area (Å²) in [5.41, 5.74) is 0. The summed E-state index contributed by atoms with van der Waals surface area (Å²) in [6.45, 7) is 2.83. The first-order valence-corrected chi connectivity index (χ1v) is 4.63. The largest absolute Gasteiger partial charge is 0.356 e. The smallest absolute Gasteiger partial charge is 0.223 e. The third-order valence-electron chi connectivity index (χ3n) is 2.06. The van der Waals surface area contributed by atoms with Crippen LogP contribution in [-0.2, 0) is 4.79 Å². The topological polar surface area (TPSA) is 29.1 Å². The van der Waals surface area contributed by atoms with E-state index in [4.69, 9.17) is 11.6 Å². The number of rotatable bonds is 4. The van der Waals surface area contributed by atoms with Crippen LogP contribution in [0.5, 0.6) is 0 Å². The van der Waals surface area contributed by atoms with Crippen molar-refractivity contribution in [3.63, 3.8) is 0 Å². The molecule has 2 unspecified atom stereocenters. The van der Waals surface area contributed by atoms with Crippen molar-refractivity contribution in [2.45, 2.75) is 19.8 Å². The van der Waals surface area contributed by atoms with E-state index in [0.717, 1.165) is 19.4 Å². The first-order chi connectivity index (χ1) is 5.25. The predicted molar refractivity (Wildman–Crippen MR) is 45.6 cm³/mol. The van der Waals surface area contributed by atoms with E-state index in [0.29, 0.717) is 17.7 Å². The number of hydrogen-bond donors (Lipinski definition) is 1. The van der Waals surface area contributed by atoms with Gasteiger partial charge >= 0.3 is 0 Å². The Morgan fingerprint density at radius 2 is 2.36 bits per heavy atom. The lowest BCUT2D eigenvalue weighted by atomic mass is 10.3. The molecule has 11 heavy (non-hydrogen) atoms. The number of amides is 1. The summed E-state index contributed by atoms with van der Waals surface area (Å²) < 4.78 is 0. The molecule has 1 amide bonds. The Morgan fingerprint density at radius 1 is 1.73 bits per heavy atom. The van der Waals surface area contributed by atoms with E-state index in [1.807, 2.05) is 0 Å². The minimum atomic E-state index is 0.211. The van der Waals surface area contributed by atoms with Crippen LogP contribution in [0.1, 0.15) is 19.8 Å². The van der Waals surface area contributed by atoms with Crippen LogP contribution in [0, 0.1) is 11.8 Å². The standard InChI is InChI=1S/C8H14ClNO/c1-6-5-7(6)8(11)10-4-2-3-9/h6-7H,2-5H2,1H3,(H,10,11). The van der Waals surface area contributed by atoms with Gasteiger partial charge in [-0.05, 0) is 18.8 Å². The van der Waals surface area contributed by atoms with Gasteiger partial charge in [0.1, 0.15) is 0 Å². The molecule has 0 bridgehead atoms. The van der Waals surface area contributed by atoms with Gasteiger partial charge in [-0.15, -0.1) is 11.6 Å². The maximum absolute atomic E-state index is 11.1. The van der Waals surface area contributed by atoms with Crippen LogP contribution in [-0.4, -0.2) is 18.3 Å². The minimum Gasteiger partial charge on any atom is -0.356 e. The monoisotopic (exact) mass is 175 g/mol. The maximum Gasteiger partial charge on any atom is 0.223 e. The summed E-state index contributed by atoms with van der Waals surface area (Å²) in [7, 11) is 0. The van der Waals surface area contributed by atoms with Crippen molar-refractivity contribution in [3.05, 3.63) is 0 Å². The maximum atomic E-state index is 11.1. The van der Waals surface area contributed by atoms with Gasteiger partial charge in [-0.2, -0.15) is 0 Å². The van der Waals surface area contributed by atoms with Crippen molar-refractivity contribution < 1.29 is 4.79 Å². The van der Waals surface area contributed by atoms with E-state index in [-0.39, 0.29) is 5.91 Å². The van der Waals surface area contributed by atoms with E-state index in [1.165, 1.54) is 0 Å². The Labute approximate surface area is 72.3 Å². The van der Waals surface area contributed by atoms with Gasteiger partial charge in [-0.25, -0.2) is 0 Å². The van der Waals surface area contributed by atoms with Gasteiger partial charge in [-0.3, -0.25) is 4.79 Å². The second kappa shape index (κ2) is 3.96. The molecule has 0 aromatic carbocycles. The highest BCUT2D eigenvalue weighted by Crippen LogP contribution is 2.37. The van der Waals surface area contributed by atoms with Crippen molar-refractivity contribution in [3.8, 4) is 0 Å². The molecular formula is C8H14ClNO. The average molecular weight is 176 g/mol. The van der Waals surface area contributed by atoms with E-state index in [2.05, 4.69) is 12.2 Å². The summed E-state index contributed by atoms with van der Waals surface area (Å²) in [6, 6.07) is 0. The van der Waals surface area contributed by atoms with E-state index >= 15 is 0 Å². The van der Waals surface area contributed by atoms with Crippen LogP contribution in [0.3, 0.4) is 0 Å².